The summed E-state index contributed by atoms with van der Waals surface area (Å²) in [5, 5.41) is 2.84. The first kappa shape index (κ1) is 15.2. The van der Waals surface area contributed by atoms with Gasteiger partial charge in [-0.15, -0.1) is 0 Å². The molecule has 0 aliphatic heterocycles. The first-order valence-corrected chi connectivity index (χ1v) is 7.92. The zero-order chi connectivity index (χ0) is 16.2. The molecule has 0 unspecified atom stereocenters. The van der Waals surface area contributed by atoms with Gasteiger partial charge in [0.15, 0.2) is 0 Å². The van der Waals surface area contributed by atoms with Crippen molar-refractivity contribution in [3.63, 3.8) is 0 Å². The van der Waals surface area contributed by atoms with E-state index in [-0.39, 0.29) is 5.91 Å². The molecule has 6 heteroatoms. The van der Waals surface area contributed by atoms with E-state index in [4.69, 9.17) is 5.73 Å². The van der Waals surface area contributed by atoms with E-state index in [1.54, 1.807) is 12.4 Å². The monoisotopic (exact) mass is 324 g/mol. The number of carbonyl (C=O) groups excluding carboxylic acids is 1. The van der Waals surface area contributed by atoms with Gasteiger partial charge in [0.25, 0.3) is 5.91 Å². The summed E-state index contributed by atoms with van der Waals surface area (Å²) < 4.78 is 4.34. The molecule has 2 heterocycles. The van der Waals surface area contributed by atoms with Crippen molar-refractivity contribution in [3.8, 4) is 11.3 Å². The summed E-state index contributed by atoms with van der Waals surface area (Å²) >= 11 is 1.12. The Bertz CT molecular complexity index is 812. The Morgan fingerprint density at radius 2 is 2.04 bits per heavy atom. The topological polar surface area (TPSA) is 80.9 Å². The molecule has 1 amide bonds. The standard InChI is InChI=1S/C17H16N4OS/c1-11-4-6-13(7-5-11)15-14(18)16(23-21-15)17(22)20-10-12-3-2-8-19-9-12/h2-9H,10,18H2,1H3,(H,20,22). The average molecular weight is 324 g/mol. The number of pyridine rings is 1. The Morgan fingerprint density at radius 1 is 1.26 bits per heavy atom. The molecule has 3 rings (SSSR count). The van der Waals surface area contributed by atoms with Gasteiger partial charge in [-0.3, -0.25) is 9.78 Å². The second-order valence-corrected chi connectivity index (χ2v) is 5.96. The van der Waals surface area contributed by atoms with Crippen LogP contribution in [0.5, 0.6) is 0 Å². The van der Waals surface area contributed by atoms with Gasteiger partial charge in [-0.1, -0.05) is 35.9 Å². The number of amides is 1. The highest BCUT2D eigenvalue weighted by atomic mass is 32.1. The Hall–Kier alpha value is -2.73. The van der Waals surface area contributed by atoms with Crippen molar-refractivity contribution in [1.29, 1.82) is 0 Å². The molecule has 0 aliphatic carbocycles. The second kappa shape index (κ2) is 6.58. The van der Waals surface area contributed by atoms with E-state index in [0.717, 1.165) is 28.2 Å². The Kier molecular flexibility index (Phi) is 4.34. The number of hydrogen-bond acceptors (Lipinski definition) is 5. The predicted molar refractivity (Wildman–Crippen MR) is 92.1 cm³/mol. The highest BCUT2D eigenvalue weighted by Gasteiger charge is 2.18. The molecular formula is C17H16N4OS. The number of rotatable bonds is 4. The SMILES string of the molecule is Cc1ccc(-c2nsc(C(=O)NCc3cccnc3)c2N)cc1. The van der Waals surface area contributed by atoms with Gasteiger partial charge in [0.1, 0.15) is 10.6 Å². The van der Waals surface area contributed by atoms with Gasteiger partial charge >= 0.3 is 0 Å². The minimum absolute atomic E-state index is 0.220. The van der Waals surface area contributed by atoms with Crippen LogP contribution in [0.1, 0.15) is 20.8 Å². The number of carbonyl (C=O) groups is 1. The molecule has 0 fully saturated rings. The van der Waals surface area contributed by atoms with E-state index in [9.17, 15) is 4.79 Å². The van der Waals surface area contributed by atoms with Gasteiger partial charge in [-0.25, -0.2) is 0 Å². The van der Waals surface area contributed by atoms with Gasteiger partial charge in [0.05, 0.1) is 5.69 Å². The number of nitrogen functional groups attached to an aromatic ring is 1. The molecule has 0 saturated carbocycles. The lowest BCUT2D eigenvalue weighted by Gasteiger charge is -2.04. The lowest BCUT2D eigenvalue weighted by atomic mass is 10.1. The minimum atomic E-state index is -0.220. The lowest BCUT2D eigenvalue weighted by molar-refractivity contribution is 0.0956. The van der Waals surface area contributed by atoms with Crippen LogP contribution in [0.4, 0.5) is 5.69 Å². The maximum atomic E-state index is 12.3. The number of aryl methyl sites for hydroxylation is 1. The van der Waals surface area contributed by atoms with Crippen LogP contribution in [-0.4, -0.2) is 15.3 Å². The van der Waals surface area contributed by atoms with Gasteiger partial charge in [-0.05, 0) is 30.1 Å². The largest absolute Gasteiger partial charge is 0.396 e. The van der Waals surface area contributed by atoms with Crippen molar-refractivity contribution in [2.24, 2.45) is 0 Å². The summed E-state index contributed by atoms with van der Waals surface area (Å²) in [6, 6.07) is 11.6. The van der Waals surface area contributed by atoms with Gasteiger partial charge in [0.2, 0.25) is 0 Å². The number of nitrogens with one attached hydrogen (secondary N) is 1. The van der Waals surface area contributed by atoms with Gasteiger partial charge in [0, 0.05) is 24.5 Å². The van der Waals surface area contributed by atoms with Crippen LogP contribution in [0.2, 0.25) is 0 Å². The number of nitrogens with two attached hydrogens (primary N) is 1. The number of aromatic nitrogens is 2. The first-order valence-electron chi connectivity index (χ1n) is 7.14. The highest BCUT2D eigenvalue weighted by molar-refractivity contribution is 7.09. The fourth-order valence-electron chi connectivity index (χ4n) is 2.15. The normalized spacial score (nSPS) is 10.5. The van der Waals surface area contributed by atoms with E-state index in [0.29, 0.717) is 22.8 Å². The van der Waals surface area contributed by atoms with Crippen LogP contribution in [0, 0.1) is 6.92 Å². The van der Waals surface area contributed by atoms with Crippen molar-refractivity contribution in [2.75, 3.05) is 5.73 Å². The quantitative estimate of drug-likeness (QED) is 0.773. The van der Waals surface area contributed by atoms with Crippen LogP contribution in [0.3, 0.4) is 0 Å². The number of hydrogen-bond donors (Lipinski definition) is 2. The van der Waals surface area contributed by atoms with E-state index in [1.165, 1.54) is 0 Å². The van der Waals surface area contributed by atoms with Crippen molar-refractivity contribution in [2.45, 2.75) is 13.5 Å². The van der Waals surface area contributed by atoms with Crippen LogP contribution in [0.15, 0.2) is 48.8 Å². The molecule has 116 valence electrons. The summed E-state index contributed by atoms with van der Waals surface area (Å²) in [6.07, 6.45) is 3.41. The van der Waals surface area contributed by atoms with Crippen molar-refractivity contribution < 1.29 is 4.79 Å². The molecular weight excluding hydrogens is 308 g/mol. The molecule has 0 radical (unpaired) electrons. The van der Waals surface area contributed by atoms with Crippen molar-refractivity contribution in [1.82, 2.24) is 14.7 Å². The molecule has 0 spiro atoms. The molecule has 0 bridgehead atoms. The molecule has 0 atom stereocenters. The van der Waals surface area contributed by atoms with E-state index in [2.05, 4.69) is 14.7 Å². The van der Waals surface area contributed by atoms with Gasteiger partial charge < -0.3 is 11.1 Å². The predicted octanol–water partition coefficient (Wildman–Crippen LogP) is 3.03. The average Bonchev–Trinajstić information content (AvgIpc) is 2.96. The second-order valence-electron chi connectivity index (χ2n) is 5.18. The van der Waals surface area contributed by atoms with Crippen molar-refractivity contribution in [3.05, 3.63) is 64.8 Å². The third-order valence-electron chi connectivity index (χ3n) is 3.44. The molecule has 3 N–H and O–H groups in total. The summed E-state index contributed by atoms with van der Waals surface area (Å²) in [7, 11) is 0. The maximum absolute atomic E-state index is 12.3. The van der Waals surface area contributed by atoms with E-state index < -0.39 is 0 Å². The smallest absolute Gasteiger partial charge is 0.265 e. The van der Waals surface area contributed by atoms with E-state index >= 15 is 0 Å². The van der Waals surface area contributed by atoms with Gasteiger partial charge in [-0.2, -0.15) is 4.37 Å². The summed E-state index contributed by atoms with van der Waals surface area (Å²) in [5.41, 5.74) is 10.2. The molecule has 0 saturated heterocycles. The molecule has 2 aromatic heterocycles. The summed E-state index contributed by atoms with van der Waals surface area (Å²) in [6.45, 7) is 2.43. The molecule has 0 aliphatic rings. The Morgan fingerprint density at radius 3 is 2.74 bits per heavy atom. The molecule has 3 aromatic rings. The zero-order valence-corrected chi connectivity index (χ0v) is 13.4. The van der Waals surface area contributed by atoms with Crippen LogP contribution in [0.25, 0.3) is 11.3 Å². The van der Waals surface area contributed by atoms with Crippen LogP contribution >= 0.6 is 11.5 Å². The van der Waals surface area contributed by atoms with E-state index in [1.807, 2.05) is 43.3 Å². The first-order chi connectivity index (χ1) is 11.1. The van der Waals surface area contributed by atoms with Crippen molar-refractivity contribution >= 4 is 23.1 Å². The number of nitrogens with zero attached hydrogens (tertiary/aromatic N) is 2. The Balaban J connectivity index is 1.76. The van der Waals surface area contributed by atoms with Crippen LogP contribution in [-0.2, 0) is 6.54 Å². The number of anilines is 1. The van der Waals surface area contributed by atoms with Crippen LogP contribution < -0.4 is 11.1 Å². The molecule has 23 heavy (non-hydrogen) atoms. The fraction of sp³-hybridized carbons (Fsp3) is 0.118. The highest BCUT2D eigenvalue weighted by Crippen LogP contribution is 2.30. The Labute approximate surface area is 138 Å². The zero-order valence-electron chi connectivity index (χ0n) is 12.6. The number of benzene rings is 1. The third kappa shape index (κ3) is 3.37. The summed E-state index contributed by atoms with van der Waals surface area (Å²) in [5.74, 6) is -0.220. The fourth-order valence-corrected chi connectivity index (χ4v) is 2.88. The summed E-state index contributed by atoms with van der Waals surface area (Å²) in [4.78, 5) is 16.7. The third-order valence-corrected chi connectivity index (χ3v) is 4.30. The lowest BCUT2D eigenvalue weighted by Crippen LogP contribution is -2.22. The maximum Gasteiger partial charge on any atom is 0.265 e. The minimum Gasteiger partial charge on any atom is -0.396 e. The molecule has 1 aromatic carbocycles. The molecule has 5 nitrogen and oxygen atoms in total.